The van der Waals surface area contributed by atoms with Crippen LogP contribution < -0.4 is 14.9 Å². The number of methoxy groups -OCH3 is 1. The molecule has 9 heteroatoms. The SMILES string of the molecule is CCOC(=O)C1=C(C)N=c2s/c(=C\c3ccc(-c4ccccc4C(=O)OC)o3)c(=O)n2[C@@H]1c1ccccc1. The monoisotopic (exact) mass is 528 g/mol. The highest BCUT2D eigenvalue weighted by Crippen LogP contribution is 2.31. The van der Waals surface area contributed by atoms with Gasteiger partial charge in [-0.3, -0.25) is 9.36 Å². The Kier molecular flexibility index (Phi) is 6.93. The lowest BCUT2D eigenvalue weighted by Crippen LogP contribution is -2.39. The Labute approximate surface area is 221 Å². The lowest BCUT2D eigenvalue weighted by molar-refractivity contribution is -0.139. The molecule has 0 fully saturated rings. The second-order valence-electron chi connectivity index (χ2n) is 8.45. The van der Waals surface area contributed by atoms with Crippen molar-refractivity contribution in [1.82, 2.24) is 4.57 Å². The predicted molar refractivity (Wildman–Crippen MR) is 142 cm³/mol. The standard InChI is InChI=1S/C29H24N2O6S/c1-4-36-28(34)24-17(2)30-29-31(25(24)18-10-6-5-7-11-18)26(32)23(38-29)16-19-14-15-22(37-19)20-12-8-9-13-21(20)27(33)35-3/h5-16,25H,4H2,1-3H3/b23-16-/t25-/m1/s1. The maximum atomic E-state index is 13.7. The average molecular weight is 529 g/mol. The molecular weight excluding hydrogens is 504 g/mol. The Bertz CT molecular complexity index is 1740. The van der Waals surface area contributed by atoms with Gasteiger partial charge in [-0.15, -0.1) is 0 Å². The maximum absolute atomic E-state index is 13.7. The first kappa shape index (κ1) is 25.2. The van der Waals surface area contributed by atoms with E-state index in [1.807, 2.05) is 30.3 Å². The number of hydrogen-bond donors (Lipinski definition) is 0. The van der Waals surface area contributed by atoms with Gasteiger partial charge in [0.2, 0.25) is 0 Å². The van der Waals surface area contributed by atoms with E-state index in [2.05, 4.69) is 4.99 Å². The number of fused-ring (bicyclic) bond motifs is 1. The summed E-state index contributed by atoms with van der Waals surface area (Å²) in [5.74, 6) is -0.0764. The Balaban J connectivity index is 1.62. The van der Waals surface area contributed by atoms with Crippen molar-refractivity contribution in [2.24, 2.45) is 4.99 Å². The summed E-state index contributed by atoms with van der Waals surface area (Å²) in [7, 11) is 1.32. The van der Waals surface area contributed by atoms with Crippen LogP contribution in [0, 0.1) is 0 Å². The van der Waals surface area contributed by atoms with Crippen LogP contribution in [0.25, 0.3) is 17.4 Å². The number of ether oxygens (including phenoxy) is 2. The molecule has 8 nitrogen and oxygen atoms in total. The van der Waals surface area contributed by atoms with Crippen molar-refractivity contribution in [2.75, 3.05) is 13.7 Å². The number of aromatic nitrogens is 1. The van der Waals surface area contributed by atoms with E-state index in [1.54, 1.807) is 56.3 Å². The van der Waals surface area contributed by atoms with Crippen LogP contribution in [0.3, 0.4) is 0 Å². The van der Waals surface area contributed by atoms with Crippen LogP contribution in [-0.2, 0) is 14.3 Å². The molecule has 2 aromatic heterocycles. The molecule has 2 aromatic carbocycles. The smallest absolute Gasteiger partial charge is 0.338 e. The molecule has 1 atom stereocenters. The molecule has 4 aromatic rings. The first-order chi connectivity index (χ1) is 18.4. The van der Waals surface area contributed by atoms with Gasteiger partial charge in [0.05, 0.1) is 41.1 Å². The minimum atomic E-state index is -0.673. The molecule has 1 aliphatic rings. The number of benzene rings is 2. The minimum absolute atomic E-state index is 0.210. The summed E-state index contributed by atoms with van der Waals surface area (Å²) >= 11 is 1.21. The molecule has 38 heavy (non-hydrogen) atoms. The Morgan fingerprint density at radius 3 is 2.53 bits per heavy atom. The molecular formula is C29H24N2O6S. The van der Waals surface area contributed by atoms with E-state index < -0.39 is 18.0 Å². The lowest BCUT2D eigenvalue weighted by Gasteiger charge is -2.24. The van der Waals surface area contributed by atoms with Crippen molar-refractivity contribution in [3.05, 3.63) is 115 Å². The van der Waals surface area contributed by atoms with Crippen molar-refractivity contribution < 1.29 is 23.5 Å². The van der Waals surface area contributed by atoms with Gasteiger partial charge in [-0.05, 0) is 37.6 Å². The topological polar surface area (TPSA) is 100 Å². The minimum Gasteiger partial charge on any atom is -0.465 e. The highest BCUT2D eigenvalue weighted by atomic mass is 32.1. The van der Waals surface area contributed by atoms with Gasteiger partial charge in [0, 0.05) is 11.6 Å². The van der Waals surface area contributed by atoms with Gasteiger partial charge in [0.15, 0.2) is 4.80 Å². The Morgan fingerprint density at radius 2 is 1.79 bits per heavy atom. The van der Waals surface area contributed by atoms with E-state index in [1.165, 1.54) is 23.0 Å². The van der Waals surface area contributed by atoms with Crippen molar-refractivity contribution >= 4 is 29.4 Å². The first-order valence-electron chi connectivity index (χ1n) is 11.9. The molecule has 0 radical (unpaired) electrons. The van der Waals surface area contributed by atoms with Crippen LogP contribution in [0.15, 0.2) is 92.2 Å². The lowest BCUT2D eigenvalue weighted by atomic mass is 9.96. The van der Waals surface area contributed by atoms with Crippen LogP contribution in [0.2, 0.25) is 0 Å². The second kappa shape index (κ2) is 10.5. The van der Waals surface area contributed by atoms with Gasteiger partial charge < -0.3 is 13.9 Å². The molecule has 192 valence electrons. The molecule has 5 rings (SSSR count). The largest absolute Gasteiger partial charge is 0.465 e. The third-order valence-corrected chi connectivity index (χ3v) is 7.11. The average Bonchev–Trinajstić information content (AvgIpc) is 3.52. The van der Waals surface area contributed by atoms with Crippen molar-refractivity contribution in [3.8, 4) is 11.3 Å². The number of nitrogens with zero attached hydrogens (tertiary/aromatic N) is 2. The molecule has 3 heterocycles. The number of allylic oxidation sites excluding steroid dienone is 1. The molecule has 0 saturated heterocycles. The van der Waals surface area contributed by atoms with Gasteiger partial charge in [-0.2, -0.15) is 0 Å². The number of rotatable bonds is 6. The van der Waals surface area contributed by atoms with Gasteiger partial charge in [0.1, 0.15) is 11.5 Å². The van der Waals surface area contributed by atoms with Crippen LogP contribution >= 0.6 is 11.3 Å². The summed E-state index contributed by atoms with van der Waals surface area (Å²) in [5, 5.41) is 0. The summed E-state index contributed by atoms with van der Waals surface area (Å²) in [5.41, 5.74) is 2.27. The summed E-state index contributed by atoms with van der Waals surface area (Å²) in [6.07, 6.45) is 1.64. The number of hydrogen-bond acceptors (Lipinski definition) is 8. The number of thiazole rings is 1. The number of carbonyl (C=O) groups is 2. The van der Waals surface area contributed by atoms with Crippen molar-refractivity contribution in [3.63, 3.8) is 0 Å². The van der Waals surface area contributed by atoms with E-state index in [0.717, 1.165) is 5.56 Å². The molecule has 0 N–H and O–H groups in total. The van der Waals surface area contributed by atoms with E-state index in [0.29, 0.717) is 43.3 Å². The molecule has 0 spiro atoms. The van der Waals surface area contributed by atoms with E-state index in [-0.39, 0.29) is 12.2 Å². The quantitative estimate of drug-likeness (QED) is 0.353. The van der Waals surface area contributed by atoms with E-state index in [4.69, 9.17) is 13.9 Å². The van der Waals surface area contributed by atoms with Crippen molar-refractivity contribution in [2.45, 2.75) is 19.9 Å². The van der Waals surface area contributed by atoms with Gasteiger partial charge >= 0.3 is 11.9 Å². The zero-order valence-electron chi connectivity index (χ0n) is 21.0. The molecule has 1 aliphatic heterocycles. The van der Waals surface area contributed by atoms with Crippen LogP contribution in [0.5, 0.6) is 0 Å². The maximum Gasteiger partial charge on any atom is 0.338 e. The van der Waals surface area contributed by atoms with Crippen LogP contribution in [-0.4, -0.2) is 30.2 Å². The third-order valence-electron chi connectivity index (χ3n) is 6.13. The zero-order chi connectivity index (χ0) is 26.8. The Hall–Kier alpha value is -4.50. The predicted octanol–water partition coefficient (Wildman–Crippen LogP) is 3.84. The summed E-state index contributed by atoms with van der Waals surface area (Å²) in [6, 6.07) is 19.1. The fourth-order valence-corrected chi connectivity index (χ4v) is 5.46. The number of carbonyl (C=O) groups excluding carboxylic acids is 2. The fourth-order valence-electron chi connectivity index (χ4n) is 4.43. The van der Waals surface area contributed by atoms with Crippen LogP contribution in [0.1, 0.15) is 41.6 Å². The Morgan fingerprint density at radius 1 is 1.05 bits per heavy atom. The first-order valence-corrected chi connectivity index (χ1v) is 12.8. The second-order valence-corrected chi connectivity index (χ2v) is 9.46. The zero-order valence-corrected chi connectivity index (χ0v) is 21.8. The highest BCUT2D eigenvalue weighted by Gasteiger charge is 2.33. The molecule has 0 bridgehead atoms. The summed E-state index contributed by atoms with van der Waals surface area (Å²) < 4.78 is 18.1. The molecule has 0 amide bonds. The van der Waals surface area contributed by atoms with E-state index >= 15 is 0 Å². The van der Waals surface area contributed by atoms with Crippen molar-refractivity contribution in [1.29, 1.82) is 0 Å². The van der Waals surface area contributed by atoms with Gasteiger partial charge in [-0.1, -0.05) is 59.9 Å². The normalized spacial score (nSPS) is 15.1. The van der Waals surface area contributed by atoms with Gasteiger partial charge in [-0.25, -0.2) is 14.6 Å². The number of esters is 2. The van der Waals surface area contributed by atoms with Crippen LogP contribution in [0.4, 0.5) is 0 Å². The highest BCUT2D eigenvalue weighted by molar-refractivity contribution is 7.07. The number of furan rings is 1. The molecule has 0 aliphatic carbocycles. The summed E-state index contributed by atoms with van der Waals surface area (Å²) in [4.78, 5) is 43.9. The fraction of sp³-hybridized carbons (Fsp3) is 0.172. The molecule has 0 unspecified atom stereocenters. The summed E-state index contributed by atoms with van der Waals surface area (Å²) in [6.45, 7) is 3.69. The van der Waals surface area contributed by atoms with E-state index in [9.17, 15) is 14.4 Å². The molecule has 0 saturated carbocycles. The van der Waals surface area contributed by atoms with Gasteiger partial charge in [0.25, 0.3) is 5.56 Å². The third kappa shape index (κ3) is 4.52.